The molecule has 2 N–H and O–H groups in total. The van der Waals surface area contributed by atoms with Gasteiger partial charge in [0, 0.05) is 53.6 Å². The molecule has 0 aliphatic carbocycles. The van der Waals surface area contributed by atoms with Crippen LogP contribution in [0.4, 0.5) is 4.79 Å². The van der Waals surface area contributed by atoms with Gasteiger partial charge in [-0.2, -0.15) is 5.10 Å². The van der Waals surface area contributed by atoms with Crippen LogP contribution in [0.3, 0.4) is 0 Å². The number of fused-ring (bicyclic) bond motifs is 2. The van der Waals surface area contributed by atoms with Gasteiger partial charge in [-0.15, -0.1) is 0 Å². The highest BCUT2D eigenvalue weighted by Crippen LogP contribution is 2.30. The van der Waals surface area contributed by atoms with Crippen LogP contribution in [0.2, 0.25) is 0 Å². The van der Waals surface area contributed by atoms with Gasteiger partial charge in [-0.3, -0.25) is 9.78 Å². The van der Waals surface area contributed by atoms with Crippen LogP contribution in [0.15, 0.2) is 72.0 Å². The molecule has 5 aromatic rings. The first-order chi connectivity index (χ1) is 18.7. The van der Waals surface area contributed by atoms with E-state index in [0.29, 0.717) is 11.3 Å². The number of carbonyl (C=O) groups excluding carboxylic acids is 1. The number of benzene rings is 1. The summed E-state index contributed by atoms with van der Waals surface area (Å²) in [7, 11) is 0. The fraction of sp³-hybridized carbons (Fsp3) is 0.276. The summed E-state index contributed by atoms with van der Waals surface area (Å²) in [6.45, 7) is 7.38. The van der Waals surface area contributed by atoms with Crippen molar-refractivity contribution in [2.75, 3.05) is 13.1 Å². The van der Waals surface area contributed by atoms with Crippen LogP contribution in [-0.4, -0.2) is 59.4 Å². The molecular weight excluding hydrogens is 496 g/mol. The molecule has 5 heterocycles. The Bertz CT molecular complexity index is 1680. The number of likely N-dealkylation sites (tertiary alicyclic amines) is 1. The van der Waals surface area contributed by atoms with Gasteiger partial charge in [-0.05, 0) is 63.4 Å². The first-order valence-electron chi connectivity index (χ1n) is 12.8. The highest BCUT2D eigenvalue weighted by Gasteiger charge is 2.24. The van der Waals surface area contributed by atoms with Gasteiger partial charge in [0.15, 0.2) is 5.65 Å². The van der Waals surface area contributed by atoms with E-state index in [1.54, 1.807) is 33.9 Å². The normalized spacial score (nSPS) is 13.4. The van der Waals surface area contributed by atoms with Crippen LogP contribution < -0.4 is 5.56 Å². The highest BCUT2D eigenvalue weighted by molar-refractivity contribution is 5.97. The van der Waals surface area contributed by atoms with Crippen molar-refractivity contribution in [1.82, 2.24) is 29.5 Å². The molecule has 1 amide bonds. The van der Waals surface area contributed by atoms with Crippen molar-refractivity contribution in [2.24, 2.45) is 0 Å². The SMILES string of the molecule is CC(C)(C)OC(=O)N1CCCC1.O=c1ccc2c(-c3cnn4cc(-c5ccc(O)cn5)cnc34)cccc2[nH]1. The summed E-state index contributed by atoms with van der Waals surface area (Å²) < 4.78 is 6.91. The van der Waals surface area contributed by atoms with E-state index in [9.17, 15) is 14.7 Å². The largest absolute Gasteiger partial charge is 0.506 e. The summed E-state index contributed by atoms with van der Waals surface area (Å²) in [5, 5.41) is 14.7. The van der Waals surface area contributed by atoms with Crippen molar-refractivity contribution in [1.29, 1.82) is 0 Å². The lowest BCUT2D eigenvalue weighted by atomic mass is 10.0. The molecule has 0 spiro atoms. The second-order valence-corrected chi connectivity index (χ2v) is 10.3. The Morgan fingerprint density at radius 1 is 0.974 bits per heavy atom. The summed E-state index contributed by atoms with van der Waals surface area (Å²) in [6.07, 6.45) is 8.78. The zero-order valence-electron chi connectivity index (χ0n) is 22.1. The fourth-order valence-corrected chi connectivity index (χ4v) is 4.40. The Labute approximate surface area is 224 Å². The molecule has 6 rings (SSSR count). The molecule has 1 aromatic carbocycles. The molecule has 0 saturated carbocycles. The van der Waals surface area contributed by atoms with E-state index in [1.165, 1.54) is 12.3 Å². The van der Waals surface area contributed by atoms with E-state index < -0.39 is 0 Å². The van der Waals surface area contributed by atoms with Gasteiger partial charge in [0.25, 0.3) is 0 Å². The molecule has 10 heteroatoms. The molecule has 1 aliphatic rings. The topological polar surface area (TPSA) is 126 Å². The zero-order chi connectivity index (χ0) is 27.6. The first-order valence-corrected chi connectivity index (χ1v) is 12.8. The Kier molecular flexibility index (Phi) is 7.02. The van der Waals surface area contributed by atoms with E-state index in [-0.39, 0.29) is 23.0 Å². The lowest BCUT2D eigenvalue weighted by Gasteiger charge is -2.23. The number of amides is 1. The fourth-order valence-electron chi connectivity index (χ4n) is 4.40. The molecule has 1 saturated heterocycles. The third kappa shape index (κ3) is 5.90. The van der Waals surface area contributed by atoms with Crippen LogP contribution in [0.5, 0.6) is 5.75 Å². The maximum atomic E-state index is 11.6. The van der Waals surface area contributed by atoms with E-state index in [0.717, 1.165) is 53.5 Å². The molecular formula is C29H30N6O4. The molecule has 0 unspecified atom stereocenters. The summed E-state index contributed by atoms with van der Waals surface area (Å²) in [6, 6.07) is 12.4. The summed E-state index contributed by atoms with van der Waals surface area (Å²) >= 11 is 0. The average Bonchev–Trinajstić information content (AvgIpc) is 3.58. The first kappa shape index (κ1) is 25.9. The number of aromatic amines is 1. The van der Waals surface area contributed by atoms with Crippen LogP contribution >= 0.6 is 0 Å². The van der Waals surface area contributed by atoms with Gasteiger partial charge in [0.1, 0.15) is 11.4 Å². The van der Waals surface area contributed by atoms with Gasteiger partial charge in [-0.1, -0.05) is 12.1 Å². The number of nitrogens with one attached hydrogen (secondary N) is 1. The van der Waals surface area contributed by atoms with Gasteiger partial charge in [0.05, 0.1) is 18.1 Å². The van der Waals surface area contributed by atoms with E-state index >= 15 is 0 Å². The number of nitrogens with zero attached hydrogens (tertiary/aromatic N) is 5. The average molecular weight is 527 g/mol. The predicted molar refractivity (Wildman–Crippen MR) is 148 cm³/mol. The third-order valence-corrected chi connectivity index (χ3v) is 6.21. The monoisotopic (exact) mass is 526 g/mol. The summed E-state index contributed by atoms with van der Waals surface area (Å²) in [4.78, 5) is 36.3. The minimum Gasteiger partial charge on any atom is -0.506 e. The molecule has 10 nitrogen and oxygen atoms in total. The third-order valence-electron chi connectivity index (χ3n) is 6.21. The Morgan fingerprint density at radius 3 is 2.49 bits per heavy atom. The Morgan fingerprint density at radius 2 is 1.77 bits per heavy atom. The number of aromatic nitrogens is 5. The molecule has 0 atom stereocenters. The number of carbonyl (C=O) groups is 1. The molecule has 0 radical (unpaired) electrons. The van der Waals surface area contributed by atoms with Gasteiger partial charge >= 0.3 is 6.09 Å². The minimum atomic E-state index is -0.361. The molecule has 200 valence electrons. The number of hydrogen-bond donors (Lipinski definition) is 2. The summed E-state index contributed by atoms with van der Waals surface area (Å²) in [5.74, 6) is 0.114. The number of H-pyrrole nitrogens is 1. The van der Waals surface area contributed by atoms with Crippen LogP contribution in [-0.2, 0) is 4.74 Å². The van der Waals surface area contributed by atoms with Crippen LogP contribution in [0.1, 0.15) is 33.6 Å². The van der Waals surface area contributed by atoms with Crippen molar-refractivity contribution < 1.29 is 14.6 Å². The molecule has 0 bridgehead atoms. The number of rotatable bonds is 2. The van der Waals surface area contributed by atoms with Gasteiger partial charge in [-0.25, -0.2) is 14.3 Å². The number of hydrogen-bond acceptors (Lipinski definition) is 7. The number of pyridine rings is 2. The van der Waals surface area contributed by atoms with Gasteiger partial charge < -0.3 is 19.7 Å². The lowest BCUT2D eigenvalue weighted by Crippen LogP contribution is -2.34. The Balaban J connectivity index is 0.000000217. The van der Waals surface area contributed by atoms with E-state index in [4.69, 9.17) is 4.74 Å². The molecule has 4 aromatic heterocycles. The van der Waals surface area contributed by atoms with Crippen LogP contribution in [0, 0.1) is 0 Å². The molecule has 1 aliphatic heterocycles. The van der Waals surface area contributed by atoms with Crippen molar-refractivity contribution in [3.05, 3.63) is 77.6 Å². The van der Waals surface area contributed by atoms with Gasteiger partial charge in [0.2, 0.25) is 5.56 Å². The van der Waals surface area contributed by atoms with Crippen molar-refractivity contribution in [3.63, 3.8) is 0 Å². The predicted octanol–water partition coefficient (Wildman–Crippen LogP) is 5.02. The van der Waals surface area contributed by atoms with E-state index in [2.05, 4.69) is 20.1 Å². The van der Waals surface area contributed by atoms with Crippen LogP contribution in [0.25, 0.3) is 38.9 Å². The quantitative estimate of drug-likeness (QED) is 0.331. The lowest BCUT2D eigenvalue weighted by molar-refractivity contribution is 0.0295. The molecule has 39 heavy (non-hydrogen) atoms. The smallest absolute Gasteiger partial charge is 0.410 e. The maximum absolute atomic E-state index is 11.6. The van der Waals surface area contributed by atoms with Crippen molar-refractivity contribution >= 4 is 22.6 Å². The van der Waals surface area contributed by atoms with Crippen molar-refractivity contribution in [2.45, 2.75) is 39.2 Å². The number of ether oxygens (including phenoxy) is 1. The van der Waals surface area contributed by atoms with Crippen molar-refractivity contribution in [3.8, 4) is 28.1 Å². The molecule has 1 fully saturated rings. The second kappa shape index (κ2) is 10.6. The number of aromatic hydroxyl groups is 1. The zero-order valence-corrected chi connectivity index (χ0v) is 22.1. The maximum Gasteiger partial charge on any atom is 0.410 e. The standard InChI is InChI=1S/C20H13N5O2.C9H17NO2/c26-13-4-6-17(21-9-13)12-8-22-20-16(10-23-25(20)11-12)14-2-1-3-18-15(14)5-7-19(27)24-18;1-9(2,3)12-8(11)10-6-4-5-7-10/h1-11,26H,(H,24,27);4-7H2,1-3H3. The second-order valence-electron chi connectivity index (χ2n) is 10.3. The Hall–Kier alpha value is -4.73. The van der Waals surface area contributed by atoms with E-state index in [1.807, 2.05) is 51.2 Å². The highest BCUT2D eigenvalue weighted by atomic mass is 16.6. The minimum absolute atomic E-state index is 0.114. The summed E-state index contributed by atoms with van der Waals surface area (Å²) in [5.41, 5.74) is 4.28.